The predicted octanol–water partition coefficient (Wildman–Crippen LogP) is 19.3. The number of hydrogen-bond acceptors (Lipinski definition) is 4. The van der Waals surface area contributed by atoms with Gasteiger partial charge in [0.15, 0.2) is 0 Å². The Morgan fingerprint density at radius 1 is 0.203 bits per heavy atom. The Balaban J connectivity index is 0.783. The Labute approximate surface area is 428 Å². The van der Waals surface area contributed by atoms with Gasteiger partial charge in [-0.15, -0.1) is 0 Å². The molecule has 14 aromatic rings. The van der Waals surface area contributed by atoms with Crippen LogP contribution in [0.2, 0.25) is 0 Å². The lowest BCUT2D eigenvalue weighted by atomic mass is 9.95. The maximum Gasteiger partial charge on any atom is 0.143 e. The van der Waals surface area contributed by atoms with Crippen molar-refractivity contribution >= 4 is 43.9 Å². The molecule has 0 N–H and O–H groups in total. The van der Waals surface area contributed by atoms with Crippen LogP contribution in [-0.4, -0.2) is 9.97 Å². The van der Waals surface area contributed by atoms with Crippen molar-refractivity contribution in [3.8, 4) is 101 Å². The summed E-state index contributed by atoms with van der Waals surface area (Å²) in [6, 6.07) is 94.0. The molecule has 0 amide bonds. The molecule has 4 nitrogen and oxygen atoms in total. The largest absolute Gasteiger partial charge is 0.456 e. The smallest absolute Gasteiger partial charge is 0.143 e. The van der Waals surface area contributed by atoms with Crippen LogP contribution in [0.4, 0.5) is 0 Å². The number of furan rings is 2. The molecule has 0 aliphatic rings. The van der Waals surface area contributed by atoms with Crippen LogP contribution >= 0.6 is 0 Å². The Morgan fingerprint density at radius 2 is 0.622 bits per heavy atom. The molecule has 0 spiro atoms. The molecule has 0 unspecified atom stereocenters. The predicted molar refractivity (Wildman–Crippen MR) is 306 cm³/mol. The highest BCUT2D eigenvalue weighted by Gasteiger charge is 2.16. The van der Waals surface area contributed by atoms with Gasteiger partial charge in [-0.3, -0.25) is 0 Å². The first-order valence-corrected chi connectivity index (χ1v) is 25.0. The van der Waals surface area contributed by atoms with E-state index < -0.39 is 0 Å². The summed E-state index contributed by atoms with van der Waals surface area (Å²) in [7, 11) is 0. The number of aromatic nitrogens is 2. The van der Waals surface area contributed by atoms with Gasteiger partial charge < -0.3 is 8.83 Å². The molecule has 0 saturated carbocycles. The molecule has 0 fully saturated rings. The minimum Gasteiger partial charge on any atom is -0.456 e. The van der Waals surface area contributed by atoms with E-state index in [4.69, 9.17) is 18.8 Å². The lowest BCUT2D eigenvalue weighted by molar-refractivity contribution is 0.669. The van der Waals surface area contributed by atoms with Gasteiger partial charge in [0.25, 0.3) is 0 Å². The fourth-order valence-electron chi connectivity index (χ4n) is 10.5. The Hall–Kier alpha value is -9.90. The van der Waals surface area contributed by atoms with Crippen molar-refractivity contribution < 1.29 is 8.83 Å². The minimum absolute atomic E-state index is 0.846. The van der Waals surface area contributed by atoms with Gasteiger partial charge >= 0.3 is 0 Å². The zero-order valence-electron chi connectivity index (χ0n) is 40.1. The van der Waals surface area contributed by atoms with Crippen LogP contribution in [0.1, 0.15) is 0 Å². The van der Waals surface area contributed by atoms with Crippen LogP contribution in [0.3, 0.4) is 0 Å². The highest BCUT2D eigenvalue weighted by molar-refractivity contribution is 6.10. The number of hydrogen-bond donors (Lipinski definition) is 0. The van der Waals surface area contributed by atoms with Gasteiger partial charge in [0.05, 0.1) is 22.8 Å². The highest BCUT2D eigenvalue weighted by atomic mass is 16.3. The van der Waals surface area contributed by atoms with Crippen LogP contribution in [0.25, 0.3) is 145 Å². The standard InChI is InChI=1S/C70H44N2O2/c1-4-15-47(16-5-1)63-40-56(45-29-31-46(32-30-45)58-26-14-27-61-59-25-10-11-28-67(59)74-70(58)61)41-66(72-63)55-24-13-22-51(38-55)54-33-35-60-62-39-53(34-36-68(62)73-69(60)44-54)50-21-12-23-52(37-50)57-42-64(48-17-6-2-7-18-48)71-65(43-57)49-19-8-3-9-20-49/h1-44H. The summed E-state index contributed by atoms with van der Waals surface area (Å²) in [6.07, 6.45) is 0. The average molecular weight is 945 g/mol. The van der Waals surface area contributed by atoms with E-state index in [1.807, 2.05) is 30.3 Å². The van der Waals surface area contributed by atoms with Crippen LogP contribution in [0, 0.1) is 0 Å². The summed E-state index contributed by atoms with van der Waals surface area (Å²) in [5.41, 5.74) is 22.5. The third-order valence-electron chi connectivity index (χ3n) is 14.3. The first-order valence-electron chi connectivity index (χ1n) is 25.0. The number of benzene rings is 10. The van der Waals surface area contributed by atoms with E-state index in [0.717, 1.165) is 145 Å². The van der Waals surface area contributed by atoms with Crippen LogP contribution in [0.15, 0.2) is 276 Å². The van der Waals surface area contributed by atoms with Crippen molar-refractivity contribution in [2.75, 3.05) is 0 Å². The second kappa shape index (κ2) is 18.1. The van der Waals surface area contributed by atoms with Crippen molar-refractivity contribution in [1.29, 1.82) is 0 Å². The van der Waals surface area contributed by atoms with Crippen LogP contribution in [-0.2, 0) is 0 Å². The third-order valence-corrected chi connectivity index (χ3v) is 14.3. The number of nitrogens with zero attached hydrogens (tertiary/aromatic N) is 2. The second-order valence-electron chi connectivity index (χ2n) is 18.9. The van der Waals surface area contributed by atoms with E-state index in [9.17, 15) is 0 Å². The van der Waals surface area contributed by atoms with E-state index in [1.54, 1.807) is 0 Å². The summed E-state index contributed by atoms with van der Waals surface area (Å²) in [5, 5.41) is 4.41. The fraction of sp³-hybridized carbons (Fsp3) is 0. The topological polar surface area (TPSA) is 52.1 Å². The Morgan fingerprint density at radius 3 is 1.27 bits per heavy atom. The zero-order valence-corrected chi connectivity index (χ0v) is 40.1. The summed E-state index contributed by atoms with van der Waals surface area (Å²) in [5.74, 6) is 0. The van der Waals surface area contributed by atoms with Gasteiger partial charge in [-0.1, -0.05) is 200 Å². The normalized spacial score (nSPS) is 11.5. The molecule has 74 heavy (non-hydrogen) atoms. The first-order chi connectivity index (χ1) is 36.6. The molecule has 0 radical (unpaired) electrons. The lowest BCUT2D eigenvalue weighted by Gasteiger charge is -2.12. The molecule has 0 aliphatic carbocycles. The SMILES string of the molecule is c1ccc(-c2cc(-c3cccc(-c4ccc5oc6cc(-c7cccc(-c8cc(-c9ccc(-c%10cccc%11c%10oc%10ccccc%10%11)cc9)cc(-c9ccccc9)n8)c7)ccc6c5c4)c3)cc(-c3ccccc3)n2)cc1. The van der Waals surface area contributed by atoms with E-state index in [1.165, 1.54) is 0 Å². The number of fused-ring (bicyclic) bond motifs is 6. The number of rotatable bonds is 9. The molecule has 0 saturated heterocycles. The molecular formula is C70H44N2O2. The lowest BCUT2D eigenvalue weighted by Crippen LogP contribution is -1.92. The van der Waals surface area contributed by atoms with Crippen molar-refractivity contribution in [1.82, 2.24) is 9.97 Å². The molecule has 0 atom stereocenters. The summed E-state index contributed by atoms with van der Waals surface area (Å²) in [6.45, 7) is 0. The Bertz CT molecular complexity index is 4340. The van der Waals surface area contributed by atoms with E-state index in [2.05, 4.69) is 237 Å². The van der Waals surface area contributed by atoms with E-state index >= 15 is 0 Å². The molecule has 346 valence electrons. The summed E-state index contributed by atoms with van der Waals surface area (Å²) in [4.78, 5) is 10.4. The zero-order chi connectivity index (χ0) is 49.0. The van der Waals surface area contributed by atoms with Crippen molar-refractivity contribution in [3.63, 3.8) is 0 Å². The van der Waals surface area contributed by atoms with Crippen molar-refractivity contribution in [3.05, 3.63) is 267 Å². The molecular weight excluding hydrogens is 901 g/mol. The van der Waals surface area contributed by atoms with Crippen molar-refractivity contribution in [2.24, 2.45) is 0 Å². The Kier molecular flexibility index (Phi) is 10.5. The van der Waals surface area contributed by atoms with Gasteiger partial charge in [0.1, 0.15) is 22.3 Å². The minimum atomic E-state index is 0.846. The average Bonchev–Trinajstić information content (AvgIpc) is 4.06. The quantitative estimate of drug-likeness (QED) is 0.145. The van der Waals surface area contributed by atoms with Gasteiger partial charge in [-0.25, -0.2) is 9.97 Å². The maximum absolute atomic E-state index is 6.60. The van der Waals surface area contributed by atoms with Crippen LogP contribution in [0.5, 0.6) is 0 Å². The summed E-state index contributed by atoms with van der Waals surface area (Å²) >= 11 is 0. The van der Waals surface area contributed by atoms with Gasteiger partial charge in [-0.05, 0) is 117 Å². The van der Waals surface area contributed by atoms with Gasteiger partial charge in [0.2, 0.25) is 0 Å². The monoisotopic (exact) mass is 944 g/mol. The van der Waals surface area contributed by atoms with E-state index in [0.29, 0.717) is 0 Å². The van der Waals surface area contributed by atoms with Crippen LogP contribution < -0.4 is 0 Å². The molecule has 4 aromatic heterocycles. The third kappa shape index (κ3) is 7.92. The van der Waals surface area contributed by atoms with Gasteiger partial charge in [0, 0.05) is 49.4 Å². The maximum atomic E-state index is 6.60. The molecule has 10 aromatic carbocycles. The van der Waals surface area contributed by atoms with E-state index in [-0.39, 0.29) is 0 Å². The molecule has 14 rings (SSSR count). The molecule has 4 heteroatoms. The first kappa shape index (κ1) is 42.9. The second-order valence-corrected chi connectivity index (χ2v) is 18.9. The number of para-hydroxylation sites is 2. The fourth-order valence-corrected chi connectivity index (χ4v) is 10.5. The molecule has 4 heterocycles. The van der Waals surface area contributed by atoms with Gasteiger partial charge in [-0.2, -0.15) is 0 Å². The van der Waals surface area contributed by atoms with Crippen molar-refractivity contribution in [2.45, 2.75) is 0 Å². The molecule has 0 aliphatic heterocycles. The number of pyridine rings is 2. The summed E-state index contributed by atoms with van der Waals surface area (Å²) < 4.78 is 13.0. The highest BCUT2D eigenvalue weighted by Crippen LogP contribution is 2.40. The molecule has 0 bridgehead atoms.